The van der Waals surface area contributed by atoms with Gasteiger partial charge in [-0.05, 0) is 36.4 Å². The van der Waals surface area contributed by atoms with Crippen molar-refractivity contribution < 1.29 is 14.3 Å². The van der Waals surface area contributed by atoms with Crippen molar-refractivity contribution in [3.63, 3.8) is 0 Å². The number of hydrogen-bond donors (Lipinski definition) is 2. The first-order chi connectivity index (χ1) is 14.1. The summed E-state index contributed by atoms with van der Waals surface area (Å²) < 4.78 is 12.0. The average Bonchev–Trinajstić information content (AvgIpc) is 3.18. The molecule has 2 N–H and O–H groups in total. The van der Waals surface area contributed by atoms with Gasteiger partial charge in [-0.25, -0.2) is 9.50 Å². The number of anilines is 1. The summed E-state index contributed by atoms with van der Waals surface area (Å²) in [6.07, 6.45) is 1.45. The Morgan fingerprint density at radius 2 is 1.83 bits per heavy atom. The predicted molar refractivity (Wildman–Crippen MR) is 108 cm³/mol. The van der Waals surface area contributed by atoms with Gasteiger partial charge >= 0.3 is 0 Å². The Balaban J connectivity index is 1.57. The van der Waals surface area contributed by atoms with E-state index in [1.807, 2.05) is 18.2 Å². The van der Waals surface area contributed by atoms with E-state index in [0.29, 0.717) is 17.1 Å². The molecule has 4 rings (SSSR count). The quantitative estimate of drug-likeness (QED) is 0.528. The summed E-state index contributed by atoms with van der Waals surface area (Å²) in [7, 11) is 1.59. The van der Waals surface area contributed by atoms with Gasteiger partial charge in [0, 0.05) is 18.0 Å². The summed E-state index contributed by atoms with van der Waals surface area (Å²) in [5, 5.41) is 5.55. The third kappa shape index (κ3) is 3.96. The molecular weight excluding hydrogens is 372 g/mol. The van der Waals surface area contributed by atoms with Crippen LogP contribution in [-0.4, -0.2) is 27.6 Å². The van der Waals surface area contributed by atoms with Crippen LogP contribution < -0.4 is 20.3 Å². The predicted octanol–water partition coefficient (Wildman–Crippen LogP) is 2.86. The second-order valence-corrected chi connectivity index (χ2v) is 6.22. The molecule has 2 aromatic carbocycles. The summed E-state index contributed by atoms with van der Waals surface area (Å²) in [5.74, 6) is 0.968. The smallest absolute Gasteiger partial charge is 0.273 e. The third-order valence-corrected chi connectivity index (χ3v) is 4.27. The van der Waals surface area contributed by atoms with E-state index in [0.717, 1.165) is 5.75 Å². The summed E-state index contributed by atoms with van der Waals surface area (Å²) in [4.78, 5) is 29.4. The SMILES string of the molecule is COc1ccc(OCc2cc(=O)n3[nH]cc(C(=O)Nc4ccccc4)c3n2)cc1. The molecule has 0 saturated carbocycles. The molecule has 0 aliphatic rings. The number of para-hydroxylation sites is 1. The number of hydrogen-bond acceptors (Lipinski definition) is 5. The van der Waals surface area contributed by atoms with Crippen molar-refractivity contribution in [1.82, 2.24) is 14.6 Å². The second-order valence-electron chi connectivity index (χ2n) is 6.22. The molecule has 0 atom stereocenters. The Kier molecular flexibility index (Phi) is 4.98. The maximum absolute atomic E-state index is 12.6. The average molecular weight is 390 g/mol. The standard InChI is InChI=1S/C21H18N4O4/c1-28-16-7-9-17(10-8-16)29-13-15-11-19(26)25-20(23-15)18(12-22-25)21(27)24-14-5-3-2-4-6-14/h2-12,22H,13H2,1H3,(H,24,27). The maximum Gasteiger partial charge on any atom is 0.273 e. The van der Waals surface area contributed by atoms with Gasteiger partial charge in [0.05, 0.1) is 12.8 Å². The summed E-state index contributed by atoms with van der Waals surface area (Å²) in [5.41, 5.74) is 1.23. The molecule has 8 heteroatoms. The van der Waals surface area contributed by atoms with Crippen LogP contribution in [0, 0.1) is 0 Å². The number of aromatic amines is 1. The zero-order valence-corrected chi connectivity index (χ0v) is 15.6. The summed E-state index contributed by atoms with van der Waals surface area (Å²) >= 11 is 0. The molecule has 0 bridgehead atoms. The van der Waals surface area contributed by atoms with Gasteiger partial charge in [0.2, 0.25) is 0 Å². The fourth-order valence-corrected chi connectivity index (χ4v) is 2.82. The van der Waals surface area contributed by atoms with E-state index in [2.05, 4.69) is 15.4 Å². The molecule has 8 nitrogen and oxygen atoms in total. The molecule has 0 aliphatic heterocycles. The van der Waals surface area contributed by atoms with E-state index < -0.39 is 0 Å². The van der Waals surface area contributed by atoms with Crippen molar-refractivity contribution in [3.8, 4) is 11.5 Å². The van der Waals surface area contributed by atoms with E-state index in [9.17, 15) is 9.59 Å². The first-order valence-corrected chi connectivity index (χ1v) is 8.87. The van der Waals surface area contributed by atoms with Crippen LogP contribution in [0.3, 0.4) is 0 Å². The number of carbonyl (C=O) groups excluding carboxylic acids is 1. The van der Waals surface area contributed by atoms with Crippen LogP contribution in [-0.2, 0) is 6.61 Å². The normalized spacial score (nSPS) is 10.7. The summed E-state index contributed by atoms with van der Waals surface area (Å²) in [6, 6.07) is 17.5. The highest BCUT2D eigenvalue weighted by atomic mass is 16.5. The Hall–Kier alpha value is -4.07. The van der Waals surface area contributed by atoms with Crippen molar-refractivity contribution in [3.05, 3.63) is 88.5 Å². The van der Waals surface area contributed by atoms with Crippen LogP contribution >= 0.6 is 0 Å². The zero-order valence-electron chi connectivity index (χ0n) is 15.6. The van der Waals surface area contributed by atoms with Crippen molar-refractivity contribution in [1.29, 1.82) is 0 Å². The van der Waals surface area contributed by atoms with Gasteiger partial charge in [0.1, 0.15) is 23.7 Å². The van der Waals surface area contributed by atoms with Gasteiger partial charge in [-0.15, -0.1) is 0 Å². The van der Waals surface area contributed by atoms with Crippen LogP contribution in [0.25, 0.3) is 5.65 Å². The zero-order chi connectivity index (χ0) is 20.2. The lowest BCUT2D eigenvalue weighted by atomic mass is 10.2. The number of amides is 1. The molecule has 0 fully saturated rings. The molecule has 0 unspecified atom stereocenters. The van der Waals surface area contributed by atoms with Crippen LogP contribution in [0.5, 0.6) is 11.5 Å². The van der Waals surface area contributed by atoms with Crippen LogP contribution in [0.4, 0.5) is 5.69 Å². The molecule has 0 aliphatic carbocycles. The highest BCUT2D eigenvalue weighted by Gasteiger charge is 2.16. The third-order valence-electron chi connectivity index (χ3n) is 4.27. The number of methoxy groups -OCH3 is 1. The first kappa shape index (κ1) is 18.3. The molecule has 0 saturated heterocycles. The lowest BCUT2D eigenvalue weighted by Crippen LogP contribution is -2.18. The van der Waals surface area contributed by atoms with E-state index in [4.69, 9.17) is 9.47 Å². The number of ether oxygens (including phenoxy) is 2. The van der Waals surface area contributed by atoms with Crippen molar-refractivity contribution >= 4 is 17.2 Å². The fourth-order valence-electron chi connectivity index (χ4n) is 2.82. The van der Waals surface area contributed by atoms with Crippen molar-refractivity contribution in [2.24, 2.45) is 0 Å². The van der Waals surface area contributed by atoms with Crippen molar-refractivity contribution in [2.45, 2.75) is 6.61 Å². The van der Waals surface area contributed by atoms with Crippen LogP contribution in [0.2, 0.25) is 0 Å². The first-order valence-electron chi connectivity index (χ1n) is 8.87. The van der Waals surface area contributed by atoms with Gasteiger partial charge in [0.25, 0.3) is 11.5 Å². The minimum Gasteiger partial charge on any atom is -0.497 e. The Bertz CT molecular complexity index is 1200. The highest BCUT2D eigenvalue weighted by molar-refractivity contribution is 6.08. The van der Waals surface area contributed by atoms with Crippen LogP contribution in [0.1, 0.15) is 16.1 Å². The Morgan fingerprint density at radius 1 is 1.10 bits per heavy atom. The number of nitrogens with zero attached hydrogens (tertiary/aromatic N) is 2. The Morgan fingerprint density at radius 3 is 2.55 bits per heavy atom. The monoisotopic (exact) mass is 390 g/mol. The van der Waals surface area contributed by atoms with E-state index in [1.165, 1.54) is 16.8 Å². The summed E-state index contributed by atoms with van der Waals surface area (Å²) in [6.45, 7) is 0.0863. The van der Waals surface area contributed by atoms with Gasteiger partial charge in [-0.2, -0.15) is 0 Å². The van der Waals surface area contributed by atoms with E-state index in [-0.39, 0.29) is 29.3 Å². The minimum atomic E-state index is -0.366. The van der Waals surface area contributed by atoms with E-state index in [1.54, 1.807) is 43.5 Å². The van der Waals surface area contributed by atoms with Gasteiger partial charge in [0.15, 0.2) is 5.65 Å². The van der Waals surface area contributed by atoms with E-state index >= 15 is 0 Å². The number of benzene rings is 2. The molecule has 0 spiro atoms. The number of rotatable bonds is 6. The molecule has 29 heavy (non-hydrogen) atoms. The number of fused-ring (bicyclic) bond motifs is 1. The lowest BCUT2D eigenvalue weighted by Gasteiger charge is -2.07. The highest BCUT2D eigenvalue weighted by Crippen LogP contribution is 2.18. The van der Waals surface area contributed by atoms with Gasteiger partial charge in [-0.3, -0.25) is 14.7 Å². The lowest BCUT2D eigenvalue weighted by molar-refractivity contribution is 0.102. The molecule has 0 radical (unpaired) electrons. The molecule has 2 heterocycles. The molecule has 146 valence electrons. The van der Waals surface area contributed by atoms with Gasteiger partial charge in [-0.1, -0.05) is 18.2 Å². The Labute approximate surface area is 165 Å². The largest absolute Gasteiger partial charge is 0.497 e. The van der Waals surface area contributed by atoms with Gasteiger partial charge < -0.3 is 14.8 Å². The van der Waals surface area contributed by atoms with Crippen LogP contribution in [0.15, 0.2) is 71.7 Å². The molecular formula is C21H18N4O4. The molecule has 4 aromatic rings. The fraction of sp³-hybridized carbons (Fsp3) is 0.0952. The minimum absolute atomic E-state index is 0.0863. The van der Waals surface area contributed by atoms with Crippen molar-refractivity contribution in [2.75, 3.05) is 12.4 Å². The maximum atomic E-state index is 12.6. The molecule has 2 aromatic heterocycles. The number of aromatic nitrogens is 3. The topological polar surface area (TPSA) is 97.7 Å². The molecule has 1 amide bonds. The number of nitrogens with one attached hydrogen (secondary N) is 2. The second kappa shape index (κ2) is 7.89. The number of carbonyl (C=O) groups is 1. The number of H-pyrrole nitrogens is 1.